The molecule has 1 atom stereocenters. The van der Waals surface area contributed by atoms with Gasteiger partial charge in [-0.1, -0.05) is 6.92 Å². The summed E-state index contributed by atoms with van der Waals surface area (Å²) in [6.07, 6.45) is 4.18. The molecule has 118 valence electrons. The van der Waals surface area contributed by atoms with Gasteiger partial charge in [0.05, 0.1) is 0 Å². The van der Waals surface area contributed by atoms with Gasteiger partial charge < -0.3 is 15.5 Å². The lowest BCUT2D eigenvalue weighted by Gasteiger charge is -2.33. The van der Waals surface area contributed by atoms with Crippen molar-refractivity contribution < 1.29 is 9.59 Å². The summed E-state index contributed by atoms with van der Waals surface area (Å²) in [5, 5.41) is 5.97. The molecule has 1 heterocycles. The summed E-state index contributed by atoms with van der Waals surface area (Å²) in [6, 6.07) is 0. The number of rotatable bonds is 7. The molecule has 0 aliphatic carbocycles. The Kier molecular flexibility index (Phi) is 10.5. The molecule has 5 nitrogen and oxygen atoms in total. The van der Waals surface area contributed by atoms with Crippen LogP contribution in [0.1, 0.15) is 39.0 Å². The van der Waals surface area contributed by atoms with Crippen LogP contribution in [0.3, 0.4) is 0 Å². The topological polar surface area (TPSA) is 61.4 Å². The van der Waals surface area contributed by atoms with Gasteiger partial charge in [0.1, 0.15) is 0 Å². The third kappa shape index (κ3) is 7.10. The van der Waals surface area contributed by atoms with Crippen LogP contribution in [0.2, 0.25) is 0 Å². The number of amides is 2. The summed E-state index contributed by atoms with van der Waals surface area (Å²) in [7, 11) is 1.86. The first-order valence-corrected chi connectivity index (χ1v) is 7.36. The van der Waals surface area contributed by atoms with E-state index in [0.717, 1.165) is 38.9 Å². The highest BCUT2D eigenvalue weighted by Crippen LogP contribution is 2.16. The maximum absolute atomic E-state index is 11.9. The normalized spacial score (nSPS) is 18.3. The van der Waals surface area contributed by atoms with Crippen LogP contribution in [0.4, 0.5) is 0 Å². The fraction of sp³-hybridized carbons (Fsp3) is 0.857. The number of hydrogen-bond donors (Lipinski definition) is 2. The highest BCUT2D eigenvalue weighted by Gasteiger charge is 2.23. The third-order valence-corrected chi connectivity index (χ3v) is 3.53. The second-order valence-electron chi connectivity index (χ2n) is 5.26. The Balaban J connectivity index is 0.00000361. The van der Waals surface area contributed by atoms with Gasteiger partial charge >= 0.3 is 0 Å². The number of nitrogens with zero attached hydrogens (tertiary/aromatic N) is 1. The van der Waals surface area contributed by atoms with Crippen molar-refractivity contribution in [1.29, 1.82) is 0 Å². The van der Waals surface area contributed by atoms with Crippen molar-refractivity contribution in [3.63, 3.8) is 0 Å². The Bertz CT molecular complexity index is 300. The molecule has 0 saturated carbocycles. The van der Waals surface area contributed by atoms with Crippen LogP contribution >= 0.6 is 12.4 Å². The SMILES string of the molecule is CCCC(=O)NCC1CCCN(C(=O)CCNC)C1.Cl. The number of halogens is 1. The molecule has 0 radical (unpaired) electrons. The standard InChI is InChI=1S/C14H27N3O2.ClH/c1-3-5-13(18)16-10-12-6-4-9-17(11-12)14(19)7-8-15-2;/h12,15H,3-11H2,1-2H3,(H,16,18);1H. The molecule has 0 bridgehead atoms. The van der Waals surface area contributed by atoms with Gasteiger partial charge in [0.15, 0.2) is 0 Å². The van der Waals surface area contributed by atoms with E-state index in [2.05, 4.69) is 10.6 Å². The summed E-state index contributed by atoms with van der Waals surface area (Å²) in [6.45, 7) is 5.08. The van der Waals surface area contributed by atoms with E-state index in [4.69, 9.17) is 0 Å². The molecule has 1 saturated heterocycles. The summed E-state index contributed by atoms with van der Waals surface area (Å²) in [5.74, 6) is 0.758. The van der Waals surface area contributed by atoms with E-state index in [1.54, 1.807) is 0 Å². The number of piperidine rings is 1. The van der Waals surface area contributed by atoms with Gasteiger partial charge in [-0.2, -0.15) is 0 Å². The second-order valence-corrected chi connectivity index (χ2v) is 5.26. The molecule has 2 N–H and O–H groups in total. The smallest absolute Gasteiger partial charge is 0.223 e. The zero-order valence-corrected chi connectivity index (χ0v) is 13.4. The first-order chi connectivity index (χ1) is 9.17. The maximum atomic E-state index is 11.9. The number of hydrogen-bond acceptors (Lipinski definition) is 3. The summed E-state index contributed by atoms with van der Waals surface area (Å²) in [5.41, 5.74) is 0. The van der Waals surface area contributed by atoms with Crippen LogP contribution in [-0.2, 0) is 9.59 Å². The van der Waals surface area contributed by atoms with E-state index in [0.29, 0.717) is 25.3 Å². The van der Waals surface area contributed by atoms with E-state index in [-0.39, 0.29) is 24.2 Å². The molecule has 1 aliphatic rings. The molecule has 1 rings (SSSR count). The number of carbonyl (C=O) groups excluding carboxylic acids is 2. The van der Waals surface area contributed by atoms with Crippen LogP contribution < -0.4 is 10.6 Å². The molecule has 20 heavy (non-hydrogen) atoms. The highest BCUT2D eigenvalue weighted by atomic mass is 35.5. The van der Waals surface area contributed by atoms with Crippen LogP contribution in [0.5, 0.6) is 0 Å². The lowest BCUT2D eigenvalue weighted by Crippen LogP contribution is -2.44. The van der Waals surface area contributed by atoms with Gasteiger partial charge in [-0.05, 0) is 32.2 Å². The predicted molar refractivity (Wildman–Crippen MR) is 83.0 cm³/mol. The zero-order valence-electron chi connectivity index (χ0n) is 12.6. The summed E-state index contributed by atoms with van der Waals surface area (Å²) >= 11 is 0. The molecule has 0 aromatic carbocycles. The largest absolute Gasteiger partial charge is 0.356 e. The lowest BCUT2D eigenvalue weighted by molar-refractivity contribution is -0.132. The van der Waals surface area contributed by atoms with Gasteiger partial charge in [-0.25, -0.2) is 0 Å². The monoisotopic (exact) mass is 305 g/mol. The Morgan fingerprint density at radius 2 is 2.05 bits per heavy atom. The van der Waals surface area contributed by atoms with Gasteiger partial charge in [-0.3, -0.25) is 9.59 Å². The van der Waals surface area contributed by atoms with Crippen molar-refractivity contribution in [3.8, 4) is 0 Å². The summed E-state index contributed by atoms with van der Waals surface area (Å²) < 4.78 is 0. The average molecular weight is 306 g/mol. The molecule has 1 unspecified atom stereocenters. The molecular weight excluding hydrogens is 278 g/mol. The van der Waals surface area contributed by atoms with Gasteiger partial charge in [0, 0.05) is 39.0 Å². The minimum Gasteiger partial charge on any atom is -0.356 e. The third-order valence-electron chi connectivity index (χ3n) is 3.53. The van der Waals surface area contributed by atoms with Crippen molar-refractivity contribution in [1.82, 2.24) is 15.5 Å². The average Bonchev–Trinajstić information content (AvgIpc) is 2.43. The van der Waals surface area contributed by atoms with Crippen molar-refractivity contribution in [3.05, 3.63) is 0 Å². The van der Waals surface area contributed by atoms with Gasteiger partial charge in [0.2, 0.25) is 11.8 Å². The molecule has 1 fully saturated rings. The maximum Gasteiger partial charge on any atom is 0.223 e. The van der Waals surface area contributed by atoms with E-state index in [1.807, 2.05) is 18.9 Å². The van der Waals surface area contributed by atoms with E-state index in [1.165, 1.54) is 0 Å². The van der Waals surface area contributed by atoms with Crippen molar-refractivity contribution in [2.75, 3.05) is 33.2 Å². The Morgan fingerprint density at radius 3 is 2.70 bits per heavy atom. The quantitative estimate of drug-likeness (QED) is 0.742. The van der Waals surface area contributed by atoms with Crippen LogP contribution in [0.15, 0.2) is 0 Å². The fourth-order valence-corrected chi connectivity index (χ4v) is 2.42. The molecule has 1 aliphatic heterocycles. The fourth-order valence-electron chi connectivity index (χ4n) is 2.42. The minimum atomic E-state index is 0. The number of likely N-dealkylation sites (tertiary alicyclic amines) is 1. The van der Waals surface area contributed by atoms with Crippen LogP contribution in [0, 0.1) is 5.92 Å². The lowest BCUT2D eigenvalue weighted by atomic mass is 9.97. The Morgan fingerprint density at radius 1 is 1.30 bits per heavy atom. The van der Waals surface area contributed by atoms with E-state index in [9.17, 15) is 9.59 Å². The van der Waals surface area contributed by atoms with Crippen LogP contribution in [-0.4, -0.2) is 49.9 Å². The Hall–Kier alpha value is -0.810. The minimum absolute atomic E-state index is 0. The van der Waals surface area contributed by atoms with Gasteiger partial charge in [0.25, 0.3) is 0 Å². The number of carbonyl (C=O) groups is 2. The first-order valence-electron chi connectivity index (χ1n) is 7.36. The molecule has 0 aromatic rings. The van der Waals surface area contributed by atoms with E-state index >= 15 is 0 Å². The molecule has 0 spiro atoms. The molecular formula is C14H28ClN3O2. The van der Waals surface area contributed by atoms with Crippen LogP contribution in [0.25, 0.3) is 0 Å². The first kappa shape index (κ1) is 19.2. The van der Waals surface area contributed by atoms with Crippen molar-refractivity contribution >= 4 is 24.2 Å². The second kappa shape index (κ2) is 10.9. The zero-order chi connectivity index (χ0) is 14.1. The highest BCUT2D eigenvalue weighted by molar-refractivity contribution is 5.85. The molecule has 0 aromatic heterocycles. The Labute approximate surface area is 128 Å². The summed E-state index contributed by atoms with van der Waals surface area (Å²) in [4.78, 5) is 25.3. The molecule has 2 amide bonds. The van der Waals surface area contributed by atoms with Crippen molar-refractivity contribution in [2.24, 2.45) is 5.92 Å². The number of nitrogens with one attached hydrogen (secondary N) is 2. The predicted octanol–water partition coefficient (Wildman–Crippen LogP) is 1.17. The molecule has 6 heteroatoms. The van der Waals surface area contributed by atoms with Gasteiger partial charge in [-0.15, -0.1) is 12.4 Å². The van der Waals surface area contributed by atoms with Crippen molar-refractivity contribution in [2.45, 2.75) is 39.0 Å². The van der Waals surface area contributed by atoms with E-state index < -0.39 is 0 Å².